The summed E-state index contributed by atoms with van der Waals surface area (Å²) in [6.07, 6.45) is 0.399. The zero-order valence-corrected chi connectivity index (χ0v) is 17.7. The number of non-ortho nitro benzene ring substituents is 1. The minimum absolute atomic E-state index is 0.0380. The molecule has 6 nitrogen and oxygen atoms in total. The molecular weight excluding hydrogens is 398 g/mol. The molecule has 0 saturated heterocycles. The lowest BCUT2D eigenvalue weighted by molar-refractivity contribution is -0.384. The average Bonchev–Trinajstić information content (AvgIpc) is 3.12. The first-order valence-electron chi connectivity index (χ1n) is 9.57. The van der Waals surface area contributed by atoms with E-state index in [-0.39, 0.29) is 16.7 Å². The second-order valence-electron chi connectivity index (χ2n) is 8.27. The molecule has 0 aliphatic rings. The maximum absolute atomic E-state index is 12.8. The van der Waals surface area contributed by atoms with Crippen molar-refractivity contribution in [1.29, 1.82) is 0 Å². The summed E-state index contributed by atoms with van der Waals surface area (Å²) in [5.41, 5.74) is 3.89. The van der Waals surface area contributed by atoms with Gasteiger partial charge in [0.2, 0.25) is 0 Å². The van der Waals surface area contributed by atoms with Crippen LogP contribution in [0.4, 0.5) is 5.69 Å². The number of H-pyrrole nitrogens is 1. The number of aromatic amines is 1. The Kier molecular flexibility index (Phi) is 4.99. The predicted octanol–water partition coefficient (Wildman–Crippen LogP) is 5.45. The monoisotopic (exact) mass is 419 g/mol. The molecular formula is C23H21N3O3S. The number of hydrogen-bond acceptors (Lipinski definition) is 5. The van der Waals surface area contributed by atoms with Gasteiger partial charge in [-0.3, -0.25) is 14.9 Å². The van der Waals surface area contributed by atoms with Gasteiger partial charge in [0.25, 0.3) is 11.2 Å². The first-order valence-corrected chi connectivity index (χ1v) is 10.4. The van der Waals surface area contributed by atoms with Gasteiger partial charge in [-0.2, -0.15) is 0 Å². The Hall–Kier alpha value is -3.32. The molecule has 0 radical (unpaired) electrons. The smallest absolute Gasteiger partial charge is 0.269 e. The van der Waals surface area contributed by atoms with Gasteiger partial charge in [-0.25, -0.2) is 4.98 Å². The van der Waals surface area contributed by atoms with Crippen LogP contribution < -0.4 is 5.56 Å². The zero-order valence-electron chi connectivity index (χ0n) is 16.9. The topological polar surface area (TPSA) is 88.9 Å². The molecule has 0 amide bonds. The van der Waals surface area contributed by atoms with Gasteiger partial charge in [0.1, 0.15) is 10.7 Å². The summed E-state index contributed by atoms with van der Waals surface area (Å²) in [4.78, 5) is 31.4. The van der Waals surface area contributed by atoms with Gasteiger partial charge in [-0.05, 0) is 22.1 Å². The van der Waals surface area contributed by atoms with Crippen LogP contribution in [0.2, 0.25) is 0 Å². The van der Waals surface area contributed by atoms with Crippen LogP contribution in [-0.2, 0) is 11.8 Å². The standard InChI is InChI=1S/C23H21N3O3S/c1-23(2,3)16-8-6-15(7-9-16)18-13-30-22-20(18)21(27)24-19(25-22)12-14-4-10-17(11-5-14)26(28)29/h4-11,13H,12H2,1-3H3,(H,24,25,27). The van der Waals surface area contributed by atoms with Crippen LogP contribution in [0.3, 0.4) is 0 Å². The van der Waals surface area contributed by atoms with E-state index in [9.17, 15) is 14.9 Å². The van der Waals surface area contributed by atoms with Crippen LogP contribution in [0.15, 0.2) is 58.7 Å². The van der Waals surface area contributed by atoms with Gasteiger partial charge < -0.3 is 4.98 Å². The van der Waals surface area contributed by atoms with Crippen LogP contribution >= 0.6 is 11.3 Å². The number of nitrogens with one attached hydrogen (secondary N) is 1. The van der Waals surface area contributed by atoms with Crippen molar-refractivity contribution in [3.8, 4) is 11.1 Å². The number of fused-ring (bicyclic) bond motifs is 1. The van der Waals surface area contributed by atoms with Crippen LogP contribution in [0.1, 0.15) is 37.7 Å². The molecule has 1 N–H and O–H groups in total. The summed E-state index contributed by atoms with van der Waals surface area (Å²) < 4.78 is 0. The van der Waals surface area contributed by atoms with Gasteiger partial charge >= 0.3 is 0 Å². The van der Waals surface area contributed by atoms with Crippen molar-refractivity contribution in [3.05, 3.63) is 91.3 Å². The number of aromatic nitrogens is 2. The predicted molar refractivity (Wildman–Crippen MR) is 120 cm³/mol. The van der Waals surface area contributed by atoms with Crippen LogP contribution in [0.5, 0.6) is 0 Å². The normalized spacial score (nSPS) is 11.7. The molecule has 0 unspecified atom stereocenters. The largest absolute Gasteiger partial charge is 0.310 e. The SMILES string of the molecule is CC(C)(C)c1ccc(-c2csc3nc(Cc4ccc([N+](=O)[O-])cc4)[nH]c(=O)c23)cc1. The first-order chi connectivity index (χ1) is 14.2. The van der Waals surface area contributed by atoms with Crippen molar-refractivity contribution in [2.45, 2.75) is 32.6 Å². The molecule has 0 fully saturated rings. The summed E-state index contributed by atoms with van der Waals surface area (Å²) in [5.74, 6) is 0.540. The molecule has 0 spiro atoms. The molecule has 30 heavy (non-hydrogen) atoms. The number of nitro benzene ring substituents is 1. The minimum atomic E-state index is -0.433. The molecule has 4 rings (SSSR count). The van der Waals surface area contributed by atoms with Crippen LogP contribution in [0.25, 0.3) is 21.3 Å². The third kappa shape index (κ3) is 3.89. The van der Waals surface area contributed by atoms with Gasteiger partial charge in [-0.1, -0.05) is 57.2 Å². The third-order valence-electron chi connectivity index (χ3n) is 5.07. The molecule has 0 bridgehead atoms. The highest BCUT2D eigenvalue weighted by Gasteiger charge is 2.16. The Labute approximate surface area is 177 Å². The maximum atomic E-state index is 12.8. The maximum Gasteiger partial charge on any atom is 0.269 e. The zero-order chi connectivity index (χ0) is 21.5. The molecule has 4 aromatic rings. The second kappa shape index (κ2) is 7.50. The molecule has 0 aliphatic heterocycles. The number of nitrogens with zero attached hydrogens (tertiary/aromatic N) is 2. The van der Waals surface area contributed by atoms with E-state index in [4.69, 9.17) is 0 Å². The number of benzene rings is 2. The van der Waals surface area contributed by atoms with Crippen molar-refractivity contribution < 1.29 is 4.92 Å². The molecule has 0 atom stereocenters. The highest BCUT2D eigenvalue weighted by atomic mass is 32.1. The molecule has 2 heterocycles. The van der Waals surface area contributed by atoms with Crippen LogP contribution in [-0.4, -0.2) is 14.9 Å². The Morgan fingerprint density at radius 3 is 2.33 bits per heavy atom. The van der Waals surface area contributed by atoms with Crippen LogP contribution in [0, 0.1) is 10.1 Å². The number of rotatable bonds is 4. The highest BCUT2D eigenvalue weighted by Crippen LogP contribution is 2.32. The Bertz CT molecular complexity index is 1280. The van der Waals surface area contributed by atoms with E-state index in [0.717, 1.165) is 16.7 Å². The Balaban J connectivity index is 1.66. The van der Waals surface area contributed by atoms with Crippen molar-refractivity contribution >= 4 is 27.2 Å². The van der Waals surface area contributed by atoms with E-state index in [2.05, 4.69) is 42.9 Å². The molecule has 0 saturated carbocycles. The molecule has 2 aromatic heterocycles. The summed E-state index contributed by atoms with van der Waals surface area (Å²) in [6.45, 7) is 6.51. The quantitative estimate of drug-likeness (QED) is 0.352. The van der Waals surface area contributed by atoms with E-state index in [1.165, 1.54) is 29.0 Å². The van der Waals surface area contributed by atoms with Crippen molar-refractivity contribution in [1.82, 2.24) is 9.97 Å². The number of hydrogen-bond donors (Lipinski definition) is 1. The average molecular weight is 420 g/mol. The van der Waals surface area contributed by atoms with Gasteiger partial charge in [0.05, 0.1) is 10.3 Å². The van der Waals surface area contributed by atoms with E-state index in [0.29, 0.717) is 22.5 Å². The first kappa shape index (κ1) is 20.0. The van der Waals surface area contributed by atoms with Crippen molar-refractivity contribution in [2.24, 2.45) is 0 Å². The lowest BCUT2D eigenvalue weighted by Crippen LogP contribution is -2.12. The van der Waals surface area contributed by atoms with Gasteiger partial charge in [-0.15, -0.1) is 11.3 Å². The van der Waals surface area contributed by atoms with E-state index < -0.39 is 4.92 Å². The van der Waals surface area contributed by atoms with Crippen molar-refractivity contribution in [2.75, 3.05) is 0 Å². The molecule has 7 heteroatoms. The number of nitro groups is 1. The fraction of sp³-hybridized carbons (Fsp3) is 0.217. The molecule has 152 valence electrons. The fourth-order valence-electron chi connectivity index (χ4n) is 3.37. The molecule has 2 aromatic carbocycles. The van der Waals surface area contributed by atoms with Gasteiger partial charge in [0, 0.05) is 29.5 Å². The van der Waals surface area contributed by atoms with E-state index in [1.54, 1.807) is 12.1 Å². The van der Waals surface area contributed by atoms with E-state index >= 15 is 0 Å². The summed E-state index contributed by atoms with van der Waals surface area (Å²) in [7, 11) is 0. The van der Waals surface area contributed by atoms with E-state index in [1.807, 2.05) is 17.5 Å². The lowest BCUT2D eigenvalue weighted by Gasteiger charge is -2.19. The summed E-state index contributed by atoms with van der Waals surface area (Å²) in [5, 5.41) is 13.4. The van der Waals surface area contributed by atoms with Crippen molar-refractivity contribution in [3.63, 3.8) is 0 Å². The number of thiophene rings is 1. The summed E-state index contributed by atoms with van der Waals surface area (Å²) >= 11 is 1.44. The highest BCUT2D eigenvalue weighted by molar-refractivity contribution is 7.17. The second-order valence-corrected chi connectivity index (χ2v) is 9.13. The lowest BCUT2D eigenvalue weighted by atomic mass is 9.86. The fourth-order valence-corrected chi connectivity index (χ4v) is 4.34. The summed E-state index contributed by atoms with van der Waals surface area (Å²) in [6, 6.07) is 14.6. The Morgan fingerprint density at radius 1 is 1.07 bits per heavy atom. The molecule has 0 aliphatic carbocycles. The Morgan fingerprint density at radius 2 is 1.73 bits per heavy atom. The minimum Gasteiger partial charge on any atom is -0.310 e. The van der Waals surface area contributed by atoms with Gasteiger partial charge in [0.15, 0.2) is 0 Å². The third-order valence-corrected chi connectivity index (χ3v) is 5.95.